The molecule has 158 valence electrons. The fraction of sp³-hybridized carbons (Fsp3) is 0.762. The summed E-state index contributed by atoms with van der Waals surface area (Å²) in [5.41, 5.74) is 1.15. The molecule has 1 fully saturated rings. The van der Waals surface area contributed by atoms with Crippen molar-refractivity contribution >= 4 is 12.1 Å². The molecule has 0 bridgehead atoms. The second-order valence-corrected chi connectivity index (χ2v) is 8.19. The first kappa shape index (κ1) is 22.2. The normalized spacial score (nSPS) is 21.6. The molecule has 1 heterocycles. The fourth-order valence-electron chi connectivity index (χ4n) is 3.78. The van der Waals surface area contributed by atoms with Crippen molar-refractivity contribution < 1.29 is 19.1 Å². The smallest absolute Gasteiger partial charge is 0.410 e. The number of hydrogen-bond donors (Lipinski definition) is 1. The van der Waals surface area contributed by atoms with Gasteiger partial charge in [0.05, 0.1) is 12.0 Å². The van der Waals surface area contributed by atoms with Crippen LogP contribution in [-0.4, -0.2) is 34.4 Å². The topological polar surface area (TPSA) is 82.5 Å². The summed E-state index contributed by atoms with van der Waals surface area (Å²) in [5.74, 6) is 0.872. The van der Waals surface area contributed by atoms with Gasteiger partial charge in [0.15, 0.2) is 0 Å². The van der Waals surface area contributed by atoms with Gasteiger partial charge in [-0.1, -0.05) is 13.8 Å². The molecule has 0 saturated heterocycles. The fourth-order valence-corrected chi connectivity index (χ4v) is 3.78. The lowest BCUT2D eigenvalue weighted by Gasteiger charge is -2.26. The summed E-state index contributed by atoms with van der Waals surface area (Å²) >= 11 is 0. The minimum absolute atomic E-state index is 0.477. The number of imidazole rings is 1. The Hall–Kier alpha value is -2.05. The number of alkyl carbamates (subject to hydrolysis) is 1. The van der Waals surface area contributed by atoms with Crippen LogP contribution in [0.1, 0.15) is 78.0 Å². The summed E-state index contributed by atoms with van der Waals surface area (Å²) < 4.78 is 12.0. The highest BCUT2D eigenvalue weighted by Gasteiger charge is 2.20. The highest BCUT2D eigenvalue weighted by molar-refractivity contribution is 5.68. The molecule has 2 rings (SSSR count). The van der Waals surface area contributed by atoms with Gasteiger partial charge in [-0.2, -0.15) is 0 Å². The van der Waals surface area contributed by atoms with Crippen molar-refractivity contribution in [3.8, 4) is 0 Å². The zero-order valence-electron chi connectivity index (χ0n) is 17.6. The van der Waals surface area contributed by atoms with Crippen LogP contribution < -0.4 is 5.32 Å². The van der Waals surface area contributed by atoms with E-state index in [2.05, 4.69) is 34.9 Å². The standard InChI is InChI=1S/C21H35N3O4/c1-15-7-9-20(10-8-15)24-13-19(23-14-24)12-16(2)6-5-11-22-21(26)28-18(4)27-17(3)25/h13-16,18,20H,5-12H2,1-4H3,(H,22,26)/t15?,16-,18?,20?/m0/s1. The third-order valence-electron chi connectivity index (χ3n) is 5.37. The molecule has 1 saturated carbocycles. The van der Waals surface area contributed by atoms with E-state index in [0.717, 1.165) is 30.9 Å². The predicted molar refractivity (Wildman–Crippen MR) is 107 cm³/mol. The number of nitrogens with one attached hydrogen (secondary N) is 1. The first-order valence-corrected chi connectivity index (χ1v) is 10.5. The van der Waals surface area contributed by atoms with Crippen LogP contribution in [0.25, 0.3) is 0 Å². The Morgan fingerprint density at radius 3 is 2.64 bits per heavy atom. The lowest BCUT2D eigenvalue weighted by molar-refractivity contribution is -0.162. The predicted octanol–water partition coefficient (Wildman–Crippen LogP) is 4.23. The number of ether oxygens (including phenoxy) is 2. The van der Waals surface area contributed by atoms with Crippen LogP contribution in [0.2, 0.25) is 0 Å². The highest BCUT2D eigenvalue weighted by Crippen LogP contribution is 2.31. The number of carbonyl (C=O) groups is 2. The number of rotatable bonds is 9. The van der Waals surface area contributed by atoms with Crippen molar-refractivity contribution in [3.63, 3.8) is 0 Å². The van der Waals surface area contributed by atoms with Crippen LogP contribution in [0.4, 0.5) is 4.79 Å². The second-order valence-electron chi connectivity index (χ2n) is 8.19. The van der Waals surface area contributed by atoms with Crippen LogP contribution in [0, 0.1) is 11.8 Å². The Bertz CT molecular complexity index is 623. The maximum absolute atomic E-state index is 11.6. The lowest BCUT2D eigenvalue weighted by atomic mass is 9.87. The van der Waals surface area contributed by atoms with Crippen LogP contribution in [0.3, 0.4) is 0 Å². The molecule has 1 unspecified atom stereocenters. The molecular weight excluding hydrogens is 358 g/mol. The summed E-state index contributed by atoms with van der Waals surface area (Å²) in [5, 5.41) is 2.68. The van der Waals surface area contributed by atoms with Crippen molar-refractivity contribution in [2.45, 2.75) is 85.0 Å². The molecule has 0 aliphatic heterocycles. The second kappa shape index (κ2) is 11.1. The Balaban J connectivity index is 1.62. The largest absolute Gasteiger partial charge is 0.426 e. The van der Waals surface area contributed by atoms with Crippen molar-refractivity contribution in [2.75, 3.05) is 6.54 Å². The third-order valence-corrected chi connectivity index (χ3v) is 5.37. The zero-order chi connectivity index (χ0) is 20.5. The average molecular weight is 394 g/mol. The van der Waals surface area contributed by atoms with Gasteiger partial charge in [-0.05, 0) is 56.8 Å². The molecule has 1 aliphatic rings. The van der Waals surface area contributed by atoms with Gasteiger partial charge in [0.1, 0.15) is 0 Å². The van der Waals surface area contributed by atoms with E-state index in [1.165, 1.54) is 39.5 Å². The molecule has 0 aromatic carbocycles. The van der Waals surface area contributed by atoms with E-state index in [0.29, 0.717) is 18.5 Å². The zero-order valence-corrected chi connectivity index (χ0v) is 17.6. The molecule has 1 aromatic rings. The molecule has 1 amide bonds. The van der Waals surface area contributed by atoms with Crippen molar-refractivity contribution in [3.05, 3.63) is 18.2 Å². The summed E-state index contributed by atoms with van der Waals surface area (Å²) in [4.78, 5) is 27.0. The molecule has 1 aliphatic carbocycles. The maximum Gasteiger partial charge on any atom is 0.410 e. The van der Waals surface area contributed by atoms with Gasteiger partial charge in [0, 0.05) is 32.6 Å². The van der Waals surface area contributed by atoms with Crippen LogP contribution in [-0.2, 0) is 20.7 Å². The molecular formula is C21H35N3O4. The van der Waals surface area contributed by atoms with E-state index in [9.17, 15) is 9.59 Å². The van der Waals surface area contributed by atoms with E-state index >= 15 is 0 Å². The van der Waals surface area contributed by atoms with Crippen molar-refractivity contribution in [1.29, 1.82) is 0 Å². The average Bonchev–Trinajstić information content (AvgIpc) is 3.07. The summed E-state index contributed by atoms with van der Waals surface area (Å²) in [7, 11) is 0. The van der Waals surface area contributed by atoms with Crippen molar-refractivity contribution in [2.24, 2.45) is 11.8 Å². The lowest BCUT2D eigenvalue weighted by Crippen LogP contribution is -2.30. The molecule has 0 radical (unpaired) electrons. The van der Waals surface area contributed by atoms with Gasteiger partial charge in [-0.25, -0.2) is 9.78 Å². The monoisotopic (exact) mass is 393 g/mol. The van der Waals surface area contributed by atoms with Gasteiger partial charge in [0.25, 0.3) is 0 Å². The molecule has 1 aromatic heterocycles. The first-order chi connectivity index (χ1) is 13.3. The summed E-state index contributed by atoms with van der Waals surface area (Å²) in [6, 6.07) is 0.609. The number of amides is 1. The Morgan fingerprint density at radius 1 is 1.25 bits per heavy atom. The van der Waals surface area contributed by atoms with E-state index in [1.807, 2.05) is 6.33 Å². The highest BCUT2D eigenvalue weighted by atomic mass is 16.7. The number of carbonyl (C=O) groups excluding carboxylic acids is 2. The molecule has 28 heavy (non-hydrogen) atoms. The van der Waals surface area contributed by atoms with Crippen LogP contribution in [0.15, 0.2) is 12.5 Å². The minimum Gasteiger partial charge on any atom is -0.426 e. The third kappa shape index (κ3) is 7.90. The van der Waals surface area contributed by atoms with Gasteiger partial charge >= 0.3 is 12.1 Å². The van der Waals surface area contributed by atoms with E-state index in [1.54, 1.807) is 0 Å². The van der Waals surface area contributed by atoms with Gasteiger partial charge in [-0.3, -0.25) is 4.79 Å². The minimum atomic E-state index is -0.876. The Labute approximate surface area is 168 Å². The number of aromatic nitrogens is 2. The number of nitrogens with zero attached hydrogens (tertiary/aromatic N) is 2. The molecule has 7 nitrogen and oxygen atoms in total. The van der Waals surface area contributed by atoms with Crippen molar-refractivity contribution in [1.82, 2.24) is 14.9 Å². The Morgan fingerprint density at radius 2 is 1.96 bits per heavy atom. The molecule has 7 heteroatoms. The first-order valence-electron chi connectivity index (χ1n) is 10.5. The van der Waals surface area contributed by atoms with Crippen LogP contribution in [0.5, 0.6) is 0 Å². The van der Waals surface area contributed by atoms with Crippen LogP contribution >= 0.6 is 0 Å². The molecule has 2 atom stereocenters. The van der Waals surface area contributed by atoms with Gasteiger partial charge < -0.3 is 19.4 Å². The number of hydrogen-bond acceptors (Lipinski definition) is 5. The number of esters is 1. The van der Waals surface area contributed by atoms with Gasteiger partial charge in [-0.15, -0.1) is 0 Å². The summed E-state index contributed by atoms with van der Waals surface area (Å²) in [6.45, 7) is 7.87. The van der Waals surface area contributed by atoms with E-state index < -0.39 is 18.4 Å². The summed E-state index contributed by atoms with van der Waals surface area (Å²) in [6.07, 6.45) is 10.7. The SMILES string of the molecule is CC(=O)OC(C)OC(=O)NCCC[C@H](C)Cc1cn(C2CCC(C)CC2)cn1. The molecule has 1 N–H and O–H groups in total. The quantitative estimate of drug-likeness (QED) is 0.386. The van der Waals surface area contributed by atoms with Gasteiger partial charge in [0.2, 0.25) is 6.29 Å². The maximum atomic E-state index is 11.6. The van der Waals surface area contributed by atoms with E-state index in [-0.39, 0.29) is 0 Å². The molecule has 0 spiro atoms. The Kier molecular flexibility index (Phi) is 8.80. The van der Waals surface area contributed by atoms with E-state index in [4.69, 9.17) is 9.47 Å².